The number of hydrogen-bond donors (Lipinski definition) is 7. The van der Waals surface area contributed by atoms with Gasteiger partial charge < -0.3 is 64.2 Å². The van der Waals surface area contributed by atoms with E-state index in [0.29, 0.717) is 11.1 Å². The summed E-state index contributed by atoms with van der Waals surface area (Å²) in [6.45, 7) is -1.07. The second-order valence-corrected chi connectivity index (χ2v) is 12.5. The van der Waals surface area contributed by atoms with Crippen LogP contribution in [-0.4, -0.2) is 136 Å². The first-order chi connectivity index (χ1) is 25.0. The largest absolute Gasteiger partial charge is 0.504 e. The molecule has 3 unspecified atom stereocenters. The van der Waals surface area contributed by atoms with Crippen LogP contribution >= 0.6 is 0 Å². The Morgan fingerprint density at radius 2 is 1.65 bits per heavy atom. The molecule has 3 aliphatic heterocycles. The summed E-state index contributed by atoms with van der Waals surface area (Å²) in [5.74, 6) is -0.973. The lowest BCUT2D eigenvalue weighted by Gasteiger charge is -2.39. The maximum absolute atomic E-state index is 12.9. The highest BCUT2D eigenvalue weighted by Crippen LogP contribution is 2.58. The number of aliphatic hydroxyl groups excluding tert-OH is 5. The molecule has 3 heterocycles. The molecule has 2 saturated heterocycles. The molecule has 1 saturated carbocycles. The Kier molecular flexibility index (Phi) is 11.4. The highest BCUT2D eigenvalue weighted by molar-refractivity contribution is 5.87. The summed E-state index contributed by atoms with van der Waals surface area (Å²) in [5.41, 5.74) is -0.104. The number of aromatic hydroxyl groups is 2. The van der Waals surface area contributed by atoms with Gasteiger partial charge in [0.05, 0.1) is 40.1 Å². The van der Waals surface area contributed by atoms with Crippen LogP contribution in [-0.2, 0) is 38.2 Å². The van der Waals surface area contributed by atoms with E-state index in [9.17, 15) is 40.5 Å². The van der Waals surface area contributed by atoms with Gasteiger partial charge in [0, 0.05) is 6.08 Å². The number of hydrogen-bond acceptors (Lipinski definition) is 16. The molecule has 0 spiro atoms. The van der Waals surface area contributed by atoms with E-state index in [1.54, 1.807) is 30.4 Å². The van der Waals surface area contributed by atoms with Crippen molar-refractivity contribution in [3.8, 4) is 23.0 Å². The molecule has 0 radical (unpaired) electrons. The van der Waals surface area contributed by atoms with Crippen LogP contribution < -0.4 is 9.47 Å². The minimum absolute atomic E-state index is 0.0318. The normalized spacial score (nSPS) is 33.0. The third-order valence-electron chi connectivity index (χ3n) is 9.20. The summed E-state index contributed by atoms with van der Waals surface area (Å²) in [7, 11) is 2.81. The topological polar surface area (TPSA) is 239 Å². The molecule has 52 heavy (non-hydrogen) atoms. The second-order valence-electron chi connectivity index (χ2n) is 12.5. The van der Waals surface area contributed by atoms with E-state index in [1.165, 1.54) is 56.9 Å². The standard InChI is InChI=1S/C35H40O17/c1-44-24-13-18(4-8-22(24)38)3-7-20(37)15-46-16-26-28(41)29(42)30(43)34(48-26)51-52-33-21(11-12-47-52)31(32-35(33,17-36)50-32)49-27(40)10-6-19-5-9-23(39)25(14-19)45-2/h3-14,20-21,26,28-34,36-37,41-43H,15-17H2,1-2H3,(H-,38,39,40)/p+1/b7-3+/t20?,21-,26?,28-,29?,30-,31-,32-,33-,34-,35-/m0/s1. The Hall–Kier alpha value is -4.27. The van der Waals surface area contributed by atoms with Gasteiger partial charge in [-0.25, -0.2) is 4.79 Å². The number of epoxide rings is 1. The van der Waals surface area contributed by atoms with Gasteiger partial charge in [-0.3, -0.25) is 0 Å². The molecule has 4 aliphatic rings. The lowest BCUT2D eigenvalue weighted by molar-refractivity contribution is -0.697. The molecule has 2 aromatic rings. The van der Waals surface area contributed by atoms with Crippen LogP contribution in [0.5, 0.6) is 23.0 Å². The van der Waals surface area contributed by atoms with Crippen LogP contribution in [0.2, 0.25) is 0 Å². The smallest absolute Gasteiger partial charge is 0.331 e. The van der Waals surface area contributed by atoms with Gasteiger partial charge in [0.25, 0.3) is 12.4 Å². The highest BCUT2D eigenvalue weighted by Gasteiger charge is 2.83. The maximum Gasteiger partial charge on any atom is 0.331 e. The van der Waals surface area contributed by atoms with Crippen molar-refractivity contribution in [1.82, 2.24) is 0 Å². The van der Waals surface area contributed by atoms with E-state index in [2.05, 4.69) is 0 Å². The molecular formula is C35H41O17+. The molecule has 6 rings (SSSR count). The molecule has 11 atom stereocenters. The number of carbonyl (C=O) groups excluding carboxylic acids is 1. The van der Waals surface area contributed by atoms with Crippen molar-refractivity contribution in [2.75, 3.05) is 34.0 Å². The number of fused-ring (bicyclic) bond motifs is 3. The van der Waals surface area contributed by atoms with Crippen molar-refractivity contribution in [3.63, 3.8) is 0 Å². The number of methoxy groups -OCH3 is 2. The van der Waals surface area contributed by atoms with Gasteiger partial charge in [0.15, 0.2) is 29.3 Å². The lowest BCUT2D eigenvalue weighted by atomic mass is 9.98. The summed E-state index contributed by atoms with van der Waals surface area (Å²) >= 11 is 0. The van der Waals surface area contributed by atoms with Crippen LogP contribution in [0, 0.1) is 5.92 Å². The Labute approximate surface area is 297 Å². The quantitative estimate of drug-likeness (QED) is 0.0445. The first kappa shape index (κ1) is 37.5. The van der Waals surface area contributed by atoms with Crippen molar-refractivity contribution >= 4 is 18.1 Å². The van der Waals surface area contributed by atoms with E-state index < -0.39 is 79.2 Å². The fourth-order valence-electron chi connectivity index (χ4n) is 6.40. The summed E-state index contributed by atoms with van der Waals surface area (Å²) in [6.07, 6.45) is -3.18. The van der Waals surface area contributed by atoms with E-state index in [-0.39, 0.29) is 36.2 Å². The Bertz CT molecular complexity index is 1660. The number of esters is 1. The molecule has 0 amide bonds. The van der Waals surface area contributed by atoms with Crippen LogP contribution in [0.4, 0.5) is 0 Å². The molecule has 7 N–H and O–H groups in total. The number of aliphatic hydroxyl groups is 5. The van der Waals surface area contributed by atoms with E-state index in [1.807, 2.05) is 4.67 Å². The van der Waals surface area contributed by atoms with E-state index in [4.69, 9.17) is 38.2 Å². The van der Waals surface area contributed by atoms with Gasteiger partial charge in [-0.15, -0.1) is 0 Å². The second kappa shape index (κ2) is 15.8. The Morgan fingerprint density at radius 3 is 2.31 bits per heavy atom. The summed E-state index contributed by atoms with van der Waals surface area (Å²) in [6, 6.07) is 9.18. The van der Waals surface area contributed by atoms with Gasteiger partial charge in [-0.1, -0.05) is 24.3 Å². The average molecular weight is 734 g/mol. The predicted molar refractivity (Wildman–Crippen MR) is 175 cm³/mol. The molecule has 17 nitrogen and oxygen atoms in total. The van der Waals surface area contributed by atoms with Gasteiger partial charge in [0.1, 0.15) is 42.5 Å². The molecule has 1 aliphatic carbocycles. The molecule has 2 aromatic carbocycles. The van der Waals surface area contributed by atoms with Gasteiger partial charge >= 0.3 is 5.97 Å². The first-order valence-corrected chi connectivity index (χ1v) is 16.3. The number of benzene rings is 2. The van der Waals surface area contributed by atoms with Crippen molar-refractivity contribution in [2.24, 2.45) is 5.92 Å². The number of phenolic OH excluding ortho intramolecular Hbond substituents is 2. The highest BCUT2D eigenvalue weighted by atomic mass is 17.6. The van der Waals surface area contributed by atoms with Gasteiger partial charge in [0.2, 0.25) is 5.60 Å². The predicted octanol–water partition coefficient (Wildman–Crippen LogP) is 0.00960. The van der Waals surface area contributed by atoms with Crippen LogP contribution in [0.25, 0.3) is 12.2 Å². The van der Waals surface area contributed by atoms with Crippen LogP contribution in [0.1, 0.15) is 11.1 Å². The van der Waals surface area contributed by atoms with Crippen LogP contribution in [0.15, 0.2) is 60.9 Å². The van der Waals surface area contributed by atoms with Gasteiger partial charge in [-0.2, -0.15) is 4.89 Å². The zero-order chi connectivity index (χ0) is 37.2. The Morgan fingerprint density at radius 1 is 0.981 bits per heavy atom. The third-order valence-corrected chi connectivity index (χ3v) is 9.20. The number of phenols is 2. The molecule has 0 bridgehead atoms. The first-order valence-electron chi connectivity index (χ1n) is 16.3. The molecular weight excluding hydrogens is 692 g/mol. The summed E-state index contributed by atoms with van der Waals surface area (Å²) < 4.78 is 35.0. The van der Waals surface area contributed by atoms with Gasteiger partial charge in [-0.05, 0) is 57.1 Å². The van der Waals surface area contributed by atoms with Crippen molar-refractivity contribution < 1.29 is 83.4 Å². The zero-order valence-electron chi connectivity index (χ0n) is 28.0. The third kappa shape index (κ3) is 7.60. The fraction of sp³-hybridized carbons (Fsp3) is 0.457. The van der Waals surface area contributed by atoms with E-state index in [0.717, 1.165) is 0 Å². The minimum atomic E-state index is -1.78. The number of carbonyl (C=O) groups is 1. The number of rotatable bonds is 14. The van der Waals surface area contributed by atoms with Crippen molar-refractivity contribution in [2.45, 2.75) is 60.7 Å². The van der Waals surface area contributed by atoms with Crippen molar-refractivity contribution in [1.29, 1.82) is 0 Å². The molecule has 282 valence electrons. The SMILES string of the molecule is COc1cc(/C=C/C(=O)O[C@H]2[C@@H]3C=CO[O+](O[C@@H]4OC(COCC(O)/C=C/c5ccc(O)c(OC)c5)[C@H](O)C(O)[C@@H]4O)[C@@H]3[C@@]3(CO)O[C@@H]23)ccc1O. The van der Waals surface area contributed by atoms with Crippen molar-refractivity contribution in [3.05, 3.63) is 72.0 Å². The van der Waals surface area contributed by atoms with Crippen LogP contribution in [0.3, 0.4) is 0 Å². The minimum Gasteiger partial charge on any atom is -0.504 e. The molecule has 0 aromatic heterocycles. The maximum atomic E-state index is 12.9. The Balaban J connectivity index is 1.06. The summed E-state index contributed by atoms with van der Waals surface area (Å²) in [5, 5.41) is 72.3. The summed E-state index contributed by atoms with van der Waals surface area (Å²) in [4.78, 5) is 24.1. The lowest BCUT2D eigenvalue weighted by Crippen LogP contribution is -2.60. The van der Waals surface area contributed by atoms with E-state index >= 15 is 0 Å². The monoisotopic (exact) mass is 733 g/mol. The fourth-order valence-corrected chi connectivity index (χ4v) is 6.40. The molecule has 3 fully saturated rings. The molecule has 17 heteroatoms. The number of ether oxygens (including phenoxy) is 6. The average Bonchev–Trinajstić information content (AvgIpc) is 3.82. The zero-order valence-corrected chi connectivity index (χ0v) is 28.0.